The van der Waals surface area contributed by atoms with Gasteiger partial charge in [0.05, 0.1) is 19.0 Å². The normalized spacial score (nSPS) is 14.5. The van der Waals surface area contributed by atoms with Gasteiger partial charge in [-0.05, 0) is 30.3 Å². The van der Waals surface area contributed by atoms with E-state index in [4.69, 9.17) is 11.0 Å². The molecule has 0 saturated carbocycles. The maximum absolute atomic E-state index is 13.1. The Hall–Kier alpha value is -3.63. The lowest BCUT2D eigenvalue weighted by atomic mass is 10.1. The Kier molecular flexibility index (Phi) is 6.01. The summed E-state index contributed by atoms with van der Waals surface area (Å²) in [7, 11) is 0. The molecule has 7 nitrogen and oxygen atoms in total. The van der Waals surface area contributed by atoms with E-state index < -0.39 is 5.91 Å². The second-order valence-corrected chi connectivity index (χ2v) is 7.76. The number of amides is 1. The quantitative estimate of drug-likeness (QED) is 0.599. The van der Waals surface area contributed by atoms with Crippen molar-refractivity contribution in [1.82, 2.24) is 9.47 Å². The van der Waals surface area contributed by atoms with Gasteiger partial charge >= 0.3 is 0 Å². The van der Waals surface area contributed by atoms with Crippen LogP contribution in [0.1, 0.15) is 27.1 Å². The van der Waals surface area contributed by atoms with Crippen molar-refractivity contribution in [2.24, 2.45) is 5.73 Å². The number of piperazine rings is 1. The molecule has 1 aromatic heterocycles. The van der Waals surface area contributed by atoms with Gasteiger partial charge in [0.25, 0.3) is 0 Å². The van der Waals surface area contributed by atoms with Crippen molar-refractivity contribution < 1.29 is 9.59 Å². The van der Waals surface area contributed by atoms with Crippen LogP contribution in [-0.4, -0.2) is 53.9 Å². The van der Waals surface area contributed by atoms with Crippen molar-refractivity contribution in [3.63, 3.8) is 0 Å². The Labute approximate surface area is 181 Å². The summed E-state index contributed by atoms with van der Waals surface area (Å²) in [6, 6.07) is 17.3. The van der Waals surface area contributed by atoms with Gasteiger partial charge in [-0.1, -0.05) is 18.2 Å². The largest absolute Gasteiger partial charge is 0.369 e. The third kappa shape index (κ3) is 4.44. The highest BCUT2D eigenvalue weighted by Crippen LogP contribution is 2.23. The zero-order valence-electron chi connectivity index (χ0n) is 17.3. The molecule has 2 N–H and O–H groups in total. The van der Waals surface area contributed by atoms with E-state index in [1.54, 1.807) is 12.1 Å². The lowest BCUT2D eigenvalue weighted by Crippen LogP contribution is -2.48. The van der Waals surface area contributed by atoms with Gasteiger partial charge < -0.3 is 15.2 Å². The van der Waals surface area contributed by atoms with Crippen LogP contribution in [0.15, 0.2) is 54.7 Å². The first-order valence-corrected chi connectivity index (χ1v) is 10.4. The Balaban J connectivity index is 1.40. The van der Waals surface area contributed by atoms with Gasteiger partial charge in [0, 0.05) is 66.6 Å². The molecule has 0 spiro atoms. The molecule has 0 atom stereocenters. The SMILES string of the molecule is N#CCCn1cc(C(=O)CN2CCN(c3ccc(C(N)=O)cc3)CC2)c2ccccc21. The summed E-state index contributed by atoms with van der Waals surface area (Å²) in [6.45, 7) is 4.16. The van der Waals surface area contributed by atoms with Crippen LogP contribution in [0.5, 0.6) is 0 Å². The highest BCUT2D eigenvalue weighted by atomic mass is 16.1. The minimum absolute atomic E-state index is 0.103. The summed E-state index contributed by atoms with van der Waals surface area (Å²) in [6.07, 6.45) is 2.30. The van der Waals surface area contributed by atoms with Gasteiger partial charge in [-0.25, -0.2) is 0 Å². The molecule has 2 aromatic carbocycles. The number of carbonyl (C=O) groups excluding carboxylic acids is 2. The molecule has 1 aliphatic heterocycles. The van der Waals surface area contributed by atoms with Crippen LogP contribution in [0, 0.1) is 11.3 Å². The van der Waals surface area contributed by atoms with Crippen LogP contribution in [0.4, 0.5) is 5.69 Å². The smallest absolute Gasteiger partial charge is 0.248 e. The number of fused-ring (bicyclic) bond motifs is 1. The molecule has 4 rings (SSSR count). The van der Waals surface area contributed by atoms with E-state index in [2.05, 4.69) is 15.9 Å². The molecule has 0 unspecified atom stereocenters. The number of rotatable bonds is 7. The molecule has 1 amide bonds. The molecule has 3 aromatic rings. The molecule has 2 heterocycles. The van der Waals surface area contributed by atoms with Crippen molar-refractivity contribution in [2.45, 2.75) is 13.0 Å². The number of nitrogens with zero attached hydrogens (tertiary/aromatic N) is 4. The van der Waals surface area contributed by atoms with Gasteiger partial charge in [0.15, 0.2) is 5.78 Å². The minimum atomic E-state index is -0.427. The van der Waals surface area contributed by atoms with Crippen molar-refractivity contribution in [1.29, 1.82) is 5.26 Å². The highest BCUT2D eigenvalue weighted by molar-refractivity contribution is 6.09. The summed E-state index contributed by atoms with van der Waals surface area (Å²) in [5.41, 5.74) is 8.57. The topological polar surface area (TPSA) is 95.4 Å². The number of primary amides is 1. The first-order valence-electron chi connectivity index (χ1n) is 10.4. The molecule has 31 heavy (non-hydrogen) atoms. The summed E-state index contributed by atoms with van der Waals surface area (Å²) in [5.74, 6) is -0.324. The number of anilines is 1. The Bertz CT molecular complexity index is 1130. The molecule has 7 heteroatoms. The molecule has 0 radical (unpaired) electrons. The van der Waals surface area contributed by atoms with E-state index in [0.717, 1.165) is 48.3 Å². The van der Waals surface area contributed by atoms with Crippen molar-refractivity contribution in [3.05, 3.63) is 65.9 Å². The van der Waals surface area contributed by atoms with Crippen LogP contribution in [0.25, 0.3) is 10.9 Å². The number of benzene rings is 2. The molecule has 1 saturated heterocycles. The van der Waals surface area contributed by atoms with Gasteiger partial charge in [0.1, 0.15) is 0 Å². The zero-order valence-corrected chi connectivity index (χ0v) is 17.3. The monoisotopic (exact) mass is 415 g/mol. The number of nitriles is 1. The number of para-hydroxylation sites is 1. The van der Waals surface area contributed by atoms with E-state index in [-0.39, 0.29) is 5.78 Å². The fourth-order valence-electron chi connectivity index (χ4n) is 4.11. The average molecular weight is 415 g/mol. The number of hydrogen-bond acceptors (Lipinski definition) is 5. The molecule has 1 fully saturated rings. The van der Waals surface area contributed by atoms with E-state index in [0.29, 0.717) is 25.1 Å². The fourth-order valence-corrected chi connectivity index (χ4v) is 4.11. The molecule has 158 valence electrons. The number of nitrogens with two attached hydrogens (primary N) is 1. The molecule has 1 aliphatic rings. The lowest BCUT2D eigenvalue weighted by Gasteiger charge is -2.35. The van der Waals surface area contributed by atoms with E-state index in [1.807, 2.05) is 47.2 Å². The van der Waals surface area contributed by atoms with Crippen LogP contribution in [0.2, 0.25) is 0 Å². The summed E-state index contributed by atoms with van der Waals surface area (Å²) in [4.78, 5) is 28.8. The van der Waals surface area contributed by atoms with Gasteiger partial charge in [-0.15, -0.1) is 0 Å². The fraction of sp³-hybridized carbons (Fsp3) is 0.292. The van der Waals surface area contributed by atoms with E-state index >= 15 is 0 Å². The van der Waals surface area contributed by atoms with E-state index in [1.165, 1.54) is 0 Å². The molecule has 0 bridgehead atoms. The van der Waals surface area contributed by atoms with Crippen LogP contribution in [-0.2, 0) is 6.54 Å². The number of aryl methyl sites for hydroxylation is 1. The second-order valence-electron chi connectivity index (χ2n) is 7.76. The molecular weight excluding hydrogens is 390 g/mol. The molecule has 0 aliphatic carbocycles. The predicted octanol–water partition coefficient (Wildman–Crippen LogP) is 2.66. The maximum Gasteiger partial charge on any atom is 0.248 e. The number of Topliss-reactive ketones (excluding diaryl/α,β-unsaturated/α-hetero) is 1. The van der Waals surface area contributed by atoms with Gasteiger partial charge in [-0.3, -0.25) is 14.5 Å². The van der Waals surface area contributed by atoms with Crippen molar-refractivity contribution in [3.8, 4) is 6.07 Å². The summed E-state index contributed by atoms with van der Waals surface area (Å²) >= 11 is 0. The van der Waals surface area contributed by atoms with Gasteiger partial charge in [-0.2, -0.15) is 5.26 Å². The lowest BCUT2D eigenvalue weighted by molar-refractivity contribution is 0.0927. The maximum atomic E-state index is 13.1. The summed E-state index contributed by atoms with van der Waals surface area (Å²) in [5, 5.41) is 9.86. The Morgan fingerprint density at radius 3 is 2.39 bits per heavy atom. The number of aromatic nitrogens is 1. The Morgan fingerprint density at radius 2 is 1.71 bits per heavy atom. The minimum Gasteiger partial charge on any atom is -0.369 e. The third-order valence-corrected chi connectivity index (χ3v) is 5.81. The van der Waals surface area contributed by atoms with Crippen molar-refractivity contribution >= 4 is 28.3 Å². The van der Waals surface area contributed by atoms with Crippen LogP contribution >= 0.6 is 0 Å². The number of carbonyl (C=O) groups is 2. The first kappa shape index (κ1) is 20.6. The number of ketones is 1. The van der Waals surface area contributed by atoms with E-state index in [9.17, 15) is 9.59 Å². The van der Waals surface area contributed by atoms with Crippen LogP contribution in [0.3, 0.4) is 0 Å². The zero-order chi connectivity index (χ0) is 21.8. The second kappa shape index (κ2) is 9.02. The molecular formula is C24H25N5O2. The van der Waals surface area contributed by atoms with Gasteiger partial charge in [0.2, 0.25) is 5.91 Å². The third-order valence-electron chi connectivity index (χ3n) is 5.81. The number of hydrogen-bond donors (Lipinski definition) is 1. The first-order chi connectivity index (χ1) is 15.1. The summed E-state index contributed by atoms with van der Waals surface area (Å²) < 4.78 is 2.00. The highest BCUT2D eigenvalue weighted by Gasteiger charge is 2.22. The van der Waals surface area contributed by atoms with Crippen molar-refractivity contribution in [2.75, 3.05) is 37.6 Å². The average Bonchev–Trinajstić information content (AvgIpc) is 3.17. The Morgan fingerprint density at radius 1 is 1.00 bits per heavy atom. The van der Waals surface area contributed by atoms with Crippen LogP contribution < -0.4 is 10.6 Å². The standard InChI is InChI=1S/C24H25N5O2/c25-10-3-11-29-16-21(20-4-1-2-5-22(20)29)23(30)17-27-12-14-28(15-13-27)19-8-6-18(7-9-19)24(26)31/h1-2,4-9,16H,3,11-15,17H2,(H2,26,31). The predicted molar refractivity (Wildman–Crippen MR) is 120 cm³/mol.